The highest BCUT2D eigenvalue weighted by molar-refractivity contribution is 5.78. The monoisotopic (exact) mass is 231 g/mol. The Morgan fingerprint density at radius 2 is 1.75 bits per heavy atom. The van der Waals surface area contributed by atoms with Gasteiger partial charge in [-0.3, -0.25) is 9.69 Å². The summed E-state index contributed by atoms with van der Waals surface area (Å²) in [6, 6.07) is 0. The van der Waals surface area contributed by atoms with Crippen molar-refractivity contribution in [1.82, 2.24) is 4.90 Å². The van der Waals surface area contributed by atoms with E-state index in [1.807, 2.05) is 18.7 Å². The Labute approximate surface area is 96.3 Å². The summed E-state index contributed by atoms with van der Waals surface area (Å²) >= 11 is 0. The Morgan fingerprint density at radius 1 is 1.31 bits per heavy atom. The number of carbonyl (C=O) groups is 1. The van der Waals surface area contributed by atoms with E-state index in [2.05, 4.69) is 0 Å². The van der Waals surface area contributed by atoms with Gasteiger partial charge in [0.15, 0.2) is 5.79 Å². The second kappa shape index (κ2) is 4.69. The number of rotatable bonds is 6. The summed E-state index contributed by atoms with van der Waals surface area (Å²) in [5.74, 6) is -1.39. The highest BCUT2D eigenvalue weighted by Crippen LogP contribution is 2.35. The van der Waals surface area contributed by atoms with Crippen molar-refractivity contribution in [3.63, 3.8) is 0 Å². The predicted octanol–water partition coefficient (Wildman–Crippen LogP) is 0.934. The Bertz CT molecular complexity index is 251. The number of ether oxygens (including phenoxy) is 2. The average Bonchev–Trinajstić information content (AvgIpc) is 2.23. The fourth-order valence-corrected chi connectivity index (χ4v) is 2.31. The summed E-state index contributed by atoms with van der Waals surface area (Å²) in [4.78, 5) is 13.3. The molecule has 5 heteroatoms. The summed E-state index contributed by atoms with van der Waals surface area (Å²) in [5, 5.41) is 9.35. The topological polar surface area (TPSA) is 59.0 Å². The van der Waals surface area contributed by atoms with Crippen molar-refractivity contribution in [2.75, 3.05) is 27.3 Å². The molecule has 0 unspecified atom stereocenters. The number of aliphatic carboxylic acids is 1. The molecule has 1 saturated heterocycles. The summed E-state index contributed by atoms with van der Waals surface area (Å²) in [7, 11) is 3.17. The molecular weight excluding hydrogens is 210 g/mol. The van der Waals surface area contributed by atoms with Gasteiger partial charge in [0.2, 0.25) is 0 Å². The van der Waals surface area contributed by atoms with Crippen molar-refractivity contribution < 1.29 is 19.4 Å². The Kier molecular flexibility index (Phi) is 3.93. The van der Waals surface area contributed by atoms with Crippen molar-refractivity contribution in [2.24, 2.45) is 0 Å². The minimum Gasteiger partial charge on any atom is -0.480 e. The number of carboxylic acids is 1. The van der Waals surface area contributed by atoms with Crippen LogP contribution in [0.25, 0.3) is 0 Å². The fraction of sp³-hybridized carbons (Fsp3) is 0.909. The van der Waals surface area contributed by atoms with E-state index in [4.69, 9.17) is 9.47 Å². The van der Waals surface area contributed by atoms with E-state index in [9.17, 15) is 9.90 Å². The summed E-state index contributed by atoms with van der Waals surface area (Å²) < 4.78 is 10.5. The maximum atomic E-state index is 11.4. The van der Waals surface area contributed by atoms with Gasteiger partial charge in [-0.05, 0) is 12.8 Å². The van der Waals surface area contributed by atoms with Gasteiger partial charge in [0.05, 0.1) is 13.1 Å². The van der Waals surface area contributed by atoms with Crippen LogP contribution in [0.4, 0.5) is 0 Å². The number of carboxylic acid groups (broad SMARTS) is 1. The second-order valence-electron chi connectivity index (χ2n) is 4.22. The van der Waals surface area contributed by atoms with Crippen LogP contribution in [0.3, 0.4) is 0 Å². The molecule has 0 bridgehead atoms. The van der Waals surface area contributed by atoms with E-state index in [1.54, 1.807) is 14.2 Å². The van der Waals surface area contributed by atoms with Crippen LogP contribution in [0.1, 0.15) is 26.7 Å². The van der Waals surface area contributed by atoms with Crippen molar-refractivity contribution in [3.8, 4) is 0 Å². The van der Waals surface area contributed by atoms with Crippen LogP contribution in [0.2, 0.25) is 0 Å². The third-order valence-corrected chi connectivity index (χ3v) is 3.78. The molecule has 0 amide bonds. The SMILES string of the molecule is CCC(CC)(C(=O)O)N1CC(OC)(OC)C1. The normalized spacial score (nSPS) is 20.5. The van der Waals surface area contributed by atoms with Crippen molar-refractivity contribution >= 4 is 5.97 Å². The number of likely N-dealkylation sites (tertiary alicyclic amines) is 1. The smallest absolute Gasteiger partial charge is 0.324 e. The minimum absolute atomic E-state index is 0.508. The molecule has 16 heavy (non-hydrogen) atoms. The Morgan fingerprint density at radius 3 is 2.00 bits per heavy atom. The van der Waals surface area contributed by atoms with E-state index in [1.165, 1.54) is 0 Å². The van der Waals surface area contributed by atoms with Gasteiger partial charge >= 0.3 is 5.97 Å². The standard InChI is InChI=1S/C11H21NO4/c1-5-10(6-2,9(13)14)12-7-11(8-12,15-3)16-4/h5-8H2,1-4H3,(H,13,14). The van der Waals surface area contributed by atoms with Crippen LogP contribution in [0, 0.1) is 0 Å². The first-order chi connectivity index (χ1) is 7.50. The Balaban J connectivity index is 2.76. The third kappa shape index (κ3) is 1.83. The molecule has 0 radical (unpaired) electrons. The molecule has 0 aromatic rings. The first kappa shape index (κ1) is 13.4. The van der Waals surface area contributed by atoms with Gasteiger partial charge in [-0.2, -0.15) is 0 Å². The van der Waals surface area contributed by atoms with Crippen molar-refractivity contribution in [2.45, 2.75) is 38.0 Å². The summed E-state index contributed by atoms with van der Waals surface area (Å²) in [6.07, 6.45) is 1.17. The van der Waals surface area contributed by atoms with Crippen LogP contribution >= 0.6 is 0 Å². The van der Waals surface area contributed by atoms with E-state index in [-0.39, 0.29) is 0 Å². The maximum absolute atomic E-state index is 11.4. The van der Waals surface area contributed by atoms with Crippen LogP contribution in [0.15, 0.2) is 0 Å². The van der Waals surface area contributed by atoms with Gasteiger partial charge in [-0.15, -0.1) is 0 Å². The Hall–Kier alpha value is -0.650. The molecule has 1 fully saturated rings. The number of hydrogen-bond acceptors (Lipinski definition) is 4. The zero-order chi connectivity index (χ0) is 12.4. The van der Waals surface area contributed by atoms with Gasteiger partial charge in [0, 0.05) is 14.2 Å². The molecular formula is C11H21NO4. The minimum atomic E-state index is -0.777. The maximum Gasteiger partial charge on any atom is 0.324 e. The molecule has 0 saturated carbocycles. The fourth-order valence-electron chi connectivity index (χ4n) is 2.31. The number of methoxy groups -OCH3 is 2. The van der Waals surface area contributed by atoms with Crippen LogP contribution in [0.5, 0.6) is 0 Å². The highest BCUT2D eigenvalue weighted by Gasteiger charge is 2.54. The van der Waals surface area contributed by atoms with Crippen molar-refractivity contribution in [3.05, 3.63) is 0 Å². The van der Waals surface area contributed by atoms with E-state index in [0.717, 1.165) is 0 Å². The number of hydrogen-bond donors (Lipinski definition) is 1. The van der Waals surface area contributed by atoms with E-state index < -0.39 is 17.3 Å². The van der Waals surface area contributed by atoms with Gasteiger partial charge in [-0.25, -0.2) is 0 Å². The summed E-state index contributed by atoms with van der Waals surface area (Å²) in [5.41, 5.74) is -0.777. The molecule has 0 aromatic carbocycles. The molecule has 0 atom stereocenters. The van der Waals surface area contributed by atoms with Gasteiger partial charge < -0.3 is 14.6 Å². The van der Waals surface area contributed by atoms with Crippen LogP contribution in [-0.2, 0) is 14.3 Å². The second-order valence-corrected chi connectivity index (χ2v) is 4.22. The molecule has 94 valence electrons. The van der Waals surface area contributed by atoms with E-state index in [0.29, 0.717) is 25.9 Å². The first-order valence-electron chi connectivity index (χ1n) is 5.59. The molecule has 1 aliphatic rings. The lowest BCUT2D eigenvalue weighted by Gasteiger charge is -2.54. The molecule has 0 aliphatic carbocycles. The van der Waals surface area contributed by atoms with Crippen LogP contribution < -0.4 is 0 Å². The lowest BCUT2D eigenvalue weighted by Crippen LogP contribution is -2.72. The molecule has 1 aliphatic heterocycles. The summed E-state index contributed by atoms with van der Waals surface area (Å²) in [6.45, 7) is 4.82. The zero-order valence-electron chi connectivity index (χ0n) is 10.4. The average molecular weight is 231 g/mol. The van der Waals surface area contributed by atoms with Gasteiger partial charge in [0.25, 0.3) is 0 Å². The third-order valence-electron chi connectivity index (χ3n) is 3.78. The van der Waals surface area contributed by atoms with E-state index >= 15 is 0 Å². The number of nitrogens with zero attached hydrogens (tertiary/aromatic N) is 1. The van der Waals surface area contributed by atoms with Gasteiger partial charge in [-0.1, -0.05) is 13.8 Å². The molecule has 1 rings (SSSR count). The zero-order valence-corrected chi connectivity index (χ0v) is 10.4. The molecule has 0 aromatic heterocycles. The van der Waals surface area contributed by atoms with Gasteiger partial charge in [0.1, 0.15) is 5.54 Å². The highest BCUT2D eigenvalue weighted by atomic mass is 16.7. The largest absolute Gasteiger partial charge is 0.480 e. The molecule has 1 heterocycles. The molecule has 1 N–H and O–H groups in total. The molecule has 5 nitrogen and oxygen atoms in total. The lowest BCUT2D eigenvalue weighted by atomic mass is 9.86. The first-order valence-corrected chi connectivity index (χ1v) is 5.59. The quantitative estimate of drug-likeness (QED) is 0.689. The van der Waals surface area contributed by atoms with Crippen LogP contribution in [-0.4, -0.2) is 54.6 Å². The predicted molar refractivity (Wildman–Crippen MR) is 59.3 cm³/mol. The molecule has 0 spiro atoms. The van der Waals surface area contributed by atoms with Crippen molar-refractivity contribution in [1.29, 1.82) is 0 Å². The lowest BCUT2D eigenvalue weighted by molar-refractivity contribution is -0.292.